The molecule has 1 nitrogen and oxygen atoms in total. The summed E-state index contributed by atoms with van der Waals surface area (Å²) >= 11 is 0. The van der Waals surface area contributed by atoms with Crippen LogP contribution in [0.25, 0.3) is 0 Å². The molecule has 0 aromatic heterocycles. The van der Waals surface area contributed by atoms with E-state index in [1.165, 1.54) is 30.4 Å². The van der Waals surface area contributed by atoms with Gasteiger partial charge in [-0.05, 0) is 44.5 Å². The number of rotatable bonds is 6. The van der Waals surface area contributed by atoms with Crippen molar-refractivity contribution >= 4 is 0 Å². The second-order valence-electron chi connectivity index (χ2n) is 4.48. The molecule has 0 spiro atoms. The molecular weight excluding hydrogens is 182 g/mol. The van der Waals surface area contributed by atoms with Crippen LogP contribution in [0.1, 0.15) is 30.9 Å². The van der Waals surface area contributed by atoms with Crippen LogP contribution in [0.3, 0.4) is 0 Å². The quantitative estimate of drug-likeness (QED) is 0.689. The van der Waals surface area contributed by atoms with Crippen LogP contribution in [0.4, 0.5) is 0 Å². The van der Waals surface area contributed by atoms with Crippen molar-refractivity contribution in [3.8, 4) is 0 Å². The highest BCUT2D eigenvalue weighted by Gasteiger charge is 1.97. The zero-order valence-corrected chi connectivity index (χ0v) is 10.3. The lowest BCUT2D eigenvalue weighted by Crippen LogP contribution is -2.15. The predicted molar refractivity (Wildman–Crippen MR) is 67.3 cm³/mol. The minimum Gasteiger partial charge on any atom is -0.309 e. The van der Waals surface area contributed by atoms with Crippen LogP contribution in [0.5, 0.6) is 0 Å². The lowest BCUT2D eigenvalue weighted by atomic mass is 10.0. The summed E-state index contributed by atoms with van der Waals surface area (Å²) in [5.41, 5.74) is 2.96. The van der Waals surface area contributed by atoms with Crippen molar-refractivity contribution in [1.29, 1.82) is 0 Å². The summed E-state index contributed by atoms with van der Waals surface area (Å²) in [4.78, 5) is 2.23. The molecule has 1 rings (SSSR count). The molecule has 1 aromatic rings. The van der Waals surface area contributed by atoms with Gasteiger partial charge in [-0.25, -0.2) is 0 Å². The van der Waals surface area contributed by atoms with Crippen LogP contribution >= 0.6 is 0 Å². The van der Waals surface area contributed by atoms with E-state index in [4.69, 9.17) is 0 Å². The summed E-state index contributed by atoms with van der Waals surface area (Å²) in [5.74, 6) is 0. The average Bonchev–Trinajstić information content (AvgIpc) is 2.24. The Morgan fingerprint density at radius 3 is 2.33 bits per heavy atom. The van der Waals surface area contributed by atoms with E-state index < -0.39 is 0 Å². The zero-order valence-electron chi connectivity index (χ0n) is 10.3. The normalized spacial score (nSPS) is 10.9. The zero-order chi connectivity index (χ0) is 11.1. The lowest BCUT2D eigenvalue weighted by molar-refractivity contribution is 0.413. The first kappa shape index (κ1) is 12.3. The summed E-state index contributed by atoms with van der Waals surface area (Å²) in [7, 11) is 4.25. The molecule has 15 heavy (non-hydrogen) atoms. The molecule has 0 unspecified atom stereocenters. The average molecular weight is 205 g/mol. The predicted octanol–water partition coefficient (Wildman–Crippen LogP) is 3.13. The van der Waals surface area contributed by atoms with E-state index in [1.54, 1.807) is 0 Å². The molecule has 84 valence electrons. The lowest BCUT2D eigenvalue weighted by Gasteiger charge is -2.10. The third-order valence-corrected chi connectivity index (χ3v) is 2.66. The third-order valence-electron chi connectivity index (χ3n) is 2.66. The Kier molecular flexibility index (Phi) is 5.41. The Morgan fingerprint density at radius 1 is 1.07 bits per heavy atom. The molecule has 1 aromatic carbocycles. The smallest absolute Gasteiger partial charge is 0.00157 e. The van der Waals surface area contributed by atoms with Crippen molar-refractivity contribution in [2.24, 2.45) is 0 Å². The van der Waals surface area contributed by atoms with Gasteiger partial charge in [0.05, 0.1) is 0 Å². The van der Waals surface area contributed by atoms with E-state index in [-0.39, 0.29) is 0 Å². The summed E-state index contributed by atoms with van der Waals surface area (Å²) < 4.78 is 0. The molecule has 0 amide bonds. The maximum absolute atomic E-state index is 2.36. The van der Waals surface area contributed by atoms with Crippen molar-refractivity contribution in [3.63, 3.8) is 0 Å². The molecule has 0 saturated heterocycles. The summed E-state index contributed by atoms with van der Waals surface area (Å²) in [6.07, 6.45) is 4.97. The first-order valence-electron chi connectivity index (χ1n) is 5.95. The fourth-order valence-electron chi connectivity index (χ4n) is 1.67. The van der Waals surface area contributed by atoms with Crippen molar-refractivity contribution in [2.75, 3.05) is 20.6 Å². The van der Waals surface area contributed by atoms with Crippen molar-refractivity contribution < 1.29 is 0 Å². The molecule has 0 aliphatic carbocycles. The largest absolute Gasteiger partial charge is 0.309 e. The standard InChI is InChI=1S/C14H23N/c1-4-5-7-13-8-6-9-14(12-13)10-11-15(2)3/h6,8-9,12H,4-5,7,10-11H2,1-3H3. The van der Waals surface area contributed by atoms with E-state index in [2.05, 4.69) is 50.2 Å². The first-order valence-corrected chi connectivity index (χ1v) is 5.95. The Labute approximate surface area is 94.1 Å². The van der Waals surface area contributed by atoms with Gasteiger partial charge >= 0.3 is 0 Å². The molecule has 0 aliphatic rings. The van der Waals surface area contributed by atoms with E-state index in [0.717, 1.165) is 13.0 Å². The van der Waals surface area contributed by atoms with Crippen LogP contribution in [0.15, 0.2) is 24.3 Å². The van der Waals surface area contributed by atoms with Gasteiger partial charge in [0, 0.05) is 6.54 Å². The molecule has 0 saturated carbocycles. The number of benzene rings is 1. The number of nitrogens with zero attached hydrogens (tertiary/aromatic N) is 1. The summed E-state index contributed by atoms with van der Waals surface area (Å²) in [6.45, 7) is 3.38. The molecule has 0 atom stereocenters. The molecule has 0 fully saturated rings. The molecule has 0 N–H and O–H groups in total. The van der Waals surface area contributed by atoms with Gasteiger partial charge in [-0.2, -0.15) is 0 Å². The maximum Gasteiger partial charge on any atom is 0.00157 e. The Hall–Kier alpha value is -0.820. The van der Waals surface area contributed by atoms with Crippen LogP contribution in [0, 0.1) is 0 Å². The maximum atomic E-state index is 2.36. The molecule has 0 heterocycles. The van der Waals surface area contributed by atoms with E-state index >= 15 is 0 Å². The molecule has 0 aliphatic heterocycles. The number of hydrogen-bond donors (Lipinski definition) is 0. The highest BCUT2D eigenvalue weighted by Crippen LogP contribution is 2.09. The molecule has 0 bridgehead atoms. The monoisotopic (exact) mass is 205 g/mol. The second kappa shape index (κ2) is 6.62. The fraction of sp³-hybridized carbons (Fsp3) is 0.571. The summed E-state index contributed by atoms with van der Waals surface area (Å²) in [5, 5.41) is 0. The van der Waals surface area contributed by atoms with E-state index in [1.807, 2.05) is 0 Å². The van der Waals surface area contributed by atoms with Gasteiger partial charge in [0.15, 0.2) is 0 Å². The minimum atomic E-state index is 1.14. The molecule has 1 heteroatoms. The van der Waals surface area contributed by atoms with Gasteiger partial charge in [-0.3, -0.25) is 0 Å². The first-order chi connectivity index (χ1) is 7.22. The topological polar surface area (TPSA) is 3.24 Å². The number of likely N-dealkylation sites (N-methyl/N-ethyl adjacent to an activating group) is 1. The number of unbranched alkanes of at least 4 members (excludes halogenated alkanes) is 1. The van der Waals surface area contributed by atoms with Crippen LogP contribution < -0.4 is 0 Å². The van der Waals surface area contributed by atoms with E-state index in [0.29, 0.717) is 0 Å². The van der Waals surface area contributed by atoms with Crippen molar-refractivity contribution in [1.82, 2.24) is 4.90 Å². The van der Waals surface area contributed by atoms with Crippen LogP contribution in [0.2, 0.25) is 0 Å². The van der Waals surface area contributed by atoms with Gasteiger partial charge < -0.3 is 4.90 Å². The Balaban J connectivity index is 2.50. The van der Waals surface area contributed by atoms with E-state index in [9.17, 15) is 0 Å². The SMILES string of the molecule is CCCCc1cccc(CCN(C)C)c1. The Bertz CT molecular complexity index is 278. The van der Waals surface area contributed by atoms with Gasteiger partial charge in [0.1, 0.15) is 0 Å². The minimum absolute atomic E-state index is 1.14. The van der Waals surface area contributed by atoms with Gasteiger partial charge in [0.25, 0.3) is 0 Å². The highest BCUT2D eigenvalue weighted by atomic mass is 15.0. The van der Waals surface area contributed by atoms with Gasteiger partial charge in [-0.15, -0.1) is 0 Å². The fourth-order valence-corrected chi connectivity index (χ4v) is 1.67. The molecular formula is C14H23N. The summed E-state index contributed by atoms with van der Waals surface area (Å²) in [6, 6.07) is 9.03. The van der Waals surface area contributed by atoms with Gasteiger partial charge in [0.2, 0.25) is 0 Å². The van der Waals surface area contributed by atoms with Crippen LogP contribution in [-0.4, -0.2) is 25.5 Å². The number of hydrogen-bond acceptors (Lipinski definition) is 1. The van der Waals surface area contributed by atoms with Crippen molar-refractivity contribution in [2.45, 2.75) is 32.6 Å². The molecule has 0 radical (unpaired) electrons. The number of aryl methyl sites for hydroxylation is 1. The Morgan fingerprint density at radius 2 is 1.73 bits per heavy atom. The third kappa shape index (κ3) is 4.98. The van der Waals surface area contributed by atoms with Crippen molar-refractivity contribution in [3.05, 3.63) is 35.4 Å². The van der Waals surface area contributed by atoms with Crippen LogP contribution in [-0.2, 0) is 12.8 Å². The highest BCUT2D eigenvalue weighted by molar-refractivity contribution is 5.23. The van der Waals surface area contributed by atoms with Gasteiger partial charge in [-0.1, -0.05) is 37.6 Å². The second-order valence-corrected chi connectivity index (χ2v) is 4.48.